The zero-order valence-electron chi connectivity index (χ0n) is 12.4. The number of hydrogen-bond acceptors (Lipinski definition) is 2. The summed E-state index contributed by atoms with van der Waals surface area (Å²) < 4.78 is 2.24. The molecule has 4 nitrogen and oxygen atoms in total. The highest BCUT2D eigenvalue weighted by atomic mass is 16.4. The van der Waals surface area contributed by atoms with Crippen LogP contribution < -0.4 is 0 Å². The maximum absolute atomic E-state index is 11.4. The molecule has 0 aliphatic rings. The molecular formula is C16H22N2O2. The van der Waals surface area contributed by atoms with Gasteiger partial charge in [0, 0.05) is 12.5 Å². The second-order valence-electron chi connectivity index (χ2n) is 5.10. The topological polar surface area (TPSA) is 55.1 Å². The zero-order chi connectivity index (χ0) is 14.7. The number of carboxylic acid groups (broad SMARTS) is 1. The average Bonchev–Trinajstić information content (AvgIpc) is 2.79. The SMILES string of the molecule is CCCc1nc2c(C(=O)O)cccc2n1C(CC)CC. The van der Waals surface area contributed by atoms with Crippen LogP contribution >= 0.6 is 0 Å². The first kappa shape index (κ1) is 14.6. The van der Waals surface area contributed by atoms with Crippen molar-refractivity contribution in [2.45, 2.75) is 52.5 Å². The summed E-state index contributed by atoms with van der Waals surface area (Å²) in [6.45, 7) is 6.45. The highest BCUT2D eigenvalue weighted by molar-refractivity contribution is 6.01. The highest BCUT2D eigenvalue weighted by Crippen LogP contribution is 2.28. The number of aryl methyl sites for hydroxylation is 1. The number of hydrogen-bond donors (Lipinski definition) is 1. The van der Waals surface area contributed by atoms with E-state index in [1.165, 1.54) is 0 Å². The molecule has 108 valence electrons. The maximum Gasteiger partial charge on any atom is 0.337 e. The van der Waals surface area contributed by atoms with Crippen molar-refractivity contribution in [2.75, 3.05) is 0 Å². The Morgan fingerprint density at radius 3 is 2.55 bits per heavy atom. The molecule has 0 unspecified atom stereocenters. The van der Waals surface area contributed by atoms with Crippen molar-refractivity contribution in [3.8, 4) is 0 Å². The van der Waals surface area contributed by atoms with Crippen molar-refractivity contribution >= 4 is 17.0 Å². The predicted octanol–water partition coefficient (Wildman–Crippen LogP) is 4.05. The van der Waals surface area contributed by atoms with Gasteiger partial charge in [-0.2, -0.15) is 0 Å². The smallest absolute Gasteiger partial charge is 0.337 e. The zero-order valence-corrected chi connectivity index (χ0v) is 12.4. The fourth-order valence-corrected chi connectivity index (χ4v) is 2.80. The third kappa shape index (κ3) is 2.42. The number of rotatable bonds is 6. The van der Waals surface area contributed by atoms with Gasteiger partial charge in [-0.25, -0.2) is 9.78 Å². The molecule has 1 aromatic carbocycles. The molecule has 0 saturated heterocycles. The minimum absolute atomic E-state index is 0.296. The molecule has 0 spiro atoms. The molecule has 2 aromatic rings. The Balaban J connectivity index is 2.72. The third-order valence-electron chi connectivity index (χ3n) is 3.80. The van der Waals surface area contributed by atoms with Crippen molar-refractivity contribution in [1.29, 1.82) is 0 Å². The lowest BCUT2D eigenvalue weighted by Gasteiger charge is -2.18. The van der Waals surface area contributed by atoms with Crippen LogP contribution in [0.15, 0.2) is 18.2 Å². The quantitative estimate of drug-likeness (QED) is 0.864. The van der Waals surface area contributed by atoms with Crippen LogP contribution in [0.3, 0.4) is 0 Å². The van der Waals surface area contributed by atoms with Gasteiger partial charge in [-0.3, -0.25) is 0 Å². The van der Waals surface area contributed by atoms with Crippen LogP contribution in [0.5, 0.6) is 0 Å². The fourth-order valence-electron chi connectivity index (χ4n) is 2.80. The largest absolute Gasteiger partial charge is 0.478 e. The second kappa shape index (κ2) is 6.07. The number of benzene rings is 1. The Bertz CT molecular complexity index is 612. The molecule has 1 aromatic heterocycles. The monoisotopic (exact) mass is 274 g/mol. The molecule has 0 radical (unpaired) electrons. The van der Waals surface area contributed by atoms with Crippen molar-refractivity contribution in [1.82, 2.24) is 9.55 Å². The molecule has 0 bridgehead atoms. The summed E-state index contributed by atoms with van der Waals surface area (Å²) in [4.78, 5) is 16.0. The Hall–Kier alpha value is -1.84. The Morgan fingerprint density at radius 1 is 1.30 bits per heavy atom. The van der Waals surface area contributed by atoms with Gasteiger partial charge in [-0.15, -0.1) is 0 Å². The number of para-hydroxylation sites is 1. The van der Waals surface area contributed by atoms with Crippen LogP contribution in [-0.4, -0.2) is 20.6 Å². The number of nitrogens with zero attached hydrogens (tertiary/aromatic N) is 2. The van der Waals surface area contributed by atoms with E-state index in [4.69, 9.17) is 0 Å². The molecule has 0 amide bonds. The summed E-state index contributed by atoms with van der Waals surface area (Å²) in [5.74, 6) is 0.0951. The molecule has 0 fully saturated rings. The van der Waals surface area contributed by atoms with E-state index in [0.29, 0.717) is 17.1 Å². The fraction of sp³-hybridized carbons (Fsp3) is 0.500. The molecular weight excluding hydrogens is 252 g/mol. The van der Waals surface area contributed by atoms with E-state index in [0.717, 1.165) is 37.0 Å². The number of aromatic carboxylic acids is 1. The molecule has 0 saturated carbocycles. The van der Waals surface area contributed by atoms with Gasteiger partial charge in [0.2, 0.25) is 0 Å². The lowest BCUT2D eigenvalue weighted by atomic mass is 10.1. The van der Waals surface area contributed by atoms with E-state index in [9.17, 15) is 9.90 Å². The van der Waals surface area contributed by atoms with Crippen molar-refractivity contribution in [3.05, 3.63) is 29.6 Å². The maximum atomic E-state index is 11.4. The second-order valence-corrected chi connectivity index (χ2v) is 5.10. The van der Waals surface area contributed by atoms with Gasteiger partial charge in [-0.05, 0) is 31.4 Å². The van der Waals surface area contributed by atoms with E-state index in [1.54, 1.807) is 6.07 Å². The first-order valence-electron chi connectivity index (χ1n) is 7.37. The molecule has 1 N–H and O–H groups in total. The lowest BCUT2D eigenvalue weighted by molar-refractivity contribution is 0.0699. The number of aromatic nitrogens is 2. The van der Waals surface area contributed by atoms with E-state index in [1.807, 2.05) is 12.1 Å². The van der Waals surface area contributed by atoms with Gasteiger partial charge >= 0.3 is 5.97 Å². The van der Waals surface area contributed by atoms with Crippen LogP contribution in [0.2, 0.25) is 0 Å². The number of fused-ring (bicyclic) bond motifs is 1. The number of imidazole rings is 1. The van der Waals surface area contributed by atoms with E-state index in [-0.39, 0.29) is 0 Å². The van der Waals surface area contributed by atoms with Gasteiger partial charge in [0.25, 0.3) is 0 Å². The summed E-state index contributed by atoms with van der Waals surface area (Å²) in [5.41, 5.74) is 1.86. The van der Waals surface area contributed by atoms with Crippen molar-refractivity contribution in [3.63, 3.8) is 0 Å². The van der Waals surface area contributed by atoms with E-state index < -0.39 is 5.97 Å². The minimum Gasteiger partial charge on any atom is -0.478 e. The summed E-state index contributed by atoms with van der Waals surface area (Å²) in [6.07, 6.45) is 3.93. The first-order chi connectivity index (χ1) is 9.63. The molecule has 2 rings (SSSR count). The van der Waals surface area contributed by atoms with Gasteiger partial charge in [-0.1, -0.05) is 26.8 Å². The van der Waals surface area contributed by atoms with Gasteiger partial charge < -0.3 is 9.67 Å². The summed E-state index contributed by atoms with van der Waals surface area (Å²) >= 11 is 0. The Kier molecular flexibility index (Phi) is 4.42. The van der Waals surface area contributed by atoms with E-state index >= 15 is 0 Å². The van der Waals surface area contributed by atoms with Crippen LogP contribution in [0.1, 0.15) is 62.3 Å². The summed E-state index contributed by atoms with van der Waals surface area (Å²) in [5, 5.41) is 9.32. The van der Waals surface area contributed by atoms with Gasteiger partial charge in [0.1, 0.15) is 11.3 Å². The number of carboxylic acids is 1. The van der Waals surface area contributed by atoms with Crippen LogP contribution in [0.25, 0.3) is 11.0 Å². The van der Waals surface area contributed by atoms with Gasteiger partial charge in [0.05, 0.1) is 11.1 Å². The third-order valence-corrected chi connectivity index (χ3v) is 3.80. The Morgan fingerprint density at radius 2 is 2.00 bits per heavy atom. The molecule has 0 aliphatic carbocycles. The Labute approximate surface area is 119 Å². The highest BCUT2D eigenvalue weighted by Gasteiger charge is 2.19. The van der Waals surface area contributed by atoms with Crippen LogP contribution in [0, 0.1) is 0 Å². The summed E-state index contributed by atoms with van der Waals surface area (Å²) in [6, 6.07) is 5.80. The lowest BCUT2D eigenvalue weighted by Crippen LogP contribution is -2.11. The number of carbonyl (C=O) groups is 1. The summed E-state index contributed by atoms with van der Waals surface area (Å²) in [7, 11) is 0. The first-order valence-corrected chi connectivity index (χ1v) is 7.37. The minimum atomic E-state index is -0.909. The van der Waals surface area contributed by atoms with Gasteiger partial charge in [0.15, 0.2) is 0 Å². The standard InChI is InChI=1S/C16H22N2O2/c1-4-8-14-17-15-12(16(19)20)9-7-10-13(15)18(14)11(5-2)6-3/h7,9-11H,4-6,8H2,1-3H3,(H,19,20). The molecule has 1 heterocycles. The van der Waals surface area contributed by atoms with Crippen LogP contribution in [-0.2, 0) is 6.42 Å². The molecule has 4 heteroatoms. The molecule has 0 aliphatic heterocycles. The molecule has 0 atom stereocenters. The predicted molar refractivity (Wildman–Crippen MR) is 80.3 cm³/mol. The van der Waals surface area contributed by atoms with E-state index in [2.05, 4.69) is 30.3 Å². The van der Waals surface area contributed by atoms with Crippen molar-refractivity contribution in [2.24, 2.45) is 0 Å². The van der Waals surface area contributed by atoms with Crippen molar-refractivity contribution < 1.29 is 9.90 Å². The van der Waals surface area contributed by atoms with Crippen LogP contribution in [0.4, 0.5) is 0 Å². The average molecular weight is 274 g/mol. The molecule has 20 heavy (non-hydrogen) atoms. The normalized spacial score (nSPS) is 11.4.